The van der Waals surface area contributed by atoms with Gasteiger partial charge in [-0.2, -0.15) is 0 Å². The number of hydrogen-bond donors (Lipinski definition) is 1. The molecule has 3 aliphatic heterocycles. The zero-order valence-corrected chi connectivity index (χ0v) is 21.7. The maximum atomic E-state index is 12.6. The molecule has 0 unspecified atom stereocenters. The second-order valence-electron chi connectivity index (χ2n) is 9.13. The summed E-state index contributed by atoms with van der Waals surface area (Å²) in [6.45, 7) is 9.87. The number of aromatic nitrogens is 2. The fourth-order valence-electron chi connectivity index (χ4n) is 4.69. The highest BCUT2D eigenvalue weighted by Crippen LogP contribution is 2.25. The maximum Gasteiger partial charge on any atom is 0.236 e. The zero-order chi connectivity index (χ0) is 24.7. The molecule has 36 heavy (non-hydrogen) atoms. The van der Waals surface area contributed by atoms with Crippen molar-refractivity contribution in [2.45, 2.75) is 5.16 Å². The summed E-state index contributed by atoms with van der Waals surface area (Å²) in [7, 11) is 0. The first-order valence-corrected chi connectivity index (χ1v) is 13.9. The van der Waals surface area contributed by atoms with Crippen molar-refractivity contribution in [3.05, 3.63) is 30.3 Å². The van der Waals surface area contributed by atoms with Gasteiger partial charge in [-0.25, -0.2) is 9.97 Å². The summed E-state index contributed by atoms with van der Waals surface area (Å²) in [5, 5.41) is 4.19. The smallest absolute Gasteiger partial charge is 0.236 e. The van der Waals surface area contributed by atoms with Gasteiger partial charge in [-0.1, -0.05) is 11.8 Å². The Bertz CT molecular complexity index is 1010. The SMILES string of the molecule is CSc1nc(Nc2ccc(N3CCOCC3)cc2)cc(N2CCN(CC(=O)N3CCOCC3)CC2)n1. The Labute approximate surface area is 216 Å². The summed E-state index contributed by atoms with van der Waals surface area (Å²) in [6.07, 6.45) is 2.00. The van der Waals surface area contributed by atoms with Crippen LogP contribution in [0.1, 0.15) is 0 Å². The van der Waals surface area contributed by atoms with Gasteiger partial charge in [0.15, 0.2) is 5.16 Å². The van der Waals surface area contributed by atoms with Gasteiger partial charge in [0.1, 0.15) is 11.6 Å². The fraction of sp³-hybridized carbons (Fsp3) is 0.560. The summed E-state index contributed by atoms with van der Waals surface area (Å²) < 4.78 is 10.8. The molecule has 3 aliphatic rings. The molecule has 1 amide bonds. The quantitative estimate of drug-likeness (QED) is 0.437. The molecule has 1 aromatic carbocycles. The highest BCUT2D eigenvalue weighted by Gasteiger charge is 2.24. The van der Waals surface area contributed by atoms with E-state index in [2.05, 4.69) is 49.3 Å². The number of piperazine rings is 1. The molecule has 10 nitrogen and oxygen atoms in total. The number of amides is 1. The first kappa shape index (κ1) is 25.1. The molecule has 3 fully saturated rings. The third-order valence-corrected chi connectivity index (χ3v) is 7.36. The van der Waals surface area contributed by atoms with Crippen molar-refractivity contribution in [2.24, 2.45) is 0 Å². The van der Waals surface area contributed by atoms with Gasteiger partial charge in [-0.3, -0.25) is 9.69 Å². The first-order valence-electron chi connectivity index (χ1n) is 12.6. The van der Waals surface area contributed by atoms with Crippen molar-refractivity contribution >= 4 is 40.7 Å². The second kappa shape index (κ2) is 12.1. The van der Waals surface area contributed by atoms with Crippen LogP contribution < -0.4 is 15.1 Å². The van der Waals surface area contributed by atoms with Crippen LogP contribution in [0.15, 0.2) is 35.5 Å². The Hall–Kier alpha value is -2.60. The number of benzene rings is 1. The summed E-state index contributed by atoms with van der Waals surface area (Å²) in [5.74, 6) is 1.90. The molecule has 0 atom stereocenters. The molecule has 0 radical (unpaired) electrons. The number of anilines is 4. The van der Waals surface area contributed by atoms with Gasteiger partial charge in [0.05, 0.1) is 33.0 Å². The van der Waals surface area contributed by atoms with Crippen molar-refractivity contribution < 1.29 is 14.3 Å². The standard InChI is InChI=1S/C25H35N7O3S/c1-36-25-27-22(26-20-2-4-21(5-3-20)30-10-14-34-15-11-30)18-23(28-25)31-8-6-29(7-9-31)19-24(33)32-12-16-35-17-13-32/h2-5,18H,6-17,19H2,1H3,(H,26,27,28). The summed E-state index contributed by atoms with van der Waals surface area (Å²) in [5.41, 5.74) is 2.21. The predicted molar refractivity (Wildman–Crippen MR) is 143 cm³/mol. The Morgan fingerprint density at radius 2 is 1.56 bits per heavy atom. The minimum Gasteiger partial charge on any atom is -0.378 e. The number of carbonyl (C=O) groups excluding carboxylic acids is 1. The third-order valence-electron chi connectivity index (χ3n) is 6.81. The van der Waals surface area contributed by atoms with Crippen LogP contribution in [0.2, 0.25) is 0 Å². The molecule has 11 heteroatoms. The Balaban J connectivity index is 1.19. The van der Waals surface area contributed by atoms with Crippen molar-refractivity contribution in [3.8, 4) is 0 Å². The largest absolute Gasteiger partial charge is 0.378 e. The topological polar surface area (TPSA) is 86.3 Å². The van der Waals surface area contributed by atoms with Crippen LogP contribution >= 0.6 is 11.8 Å². The number of nitrogens with one attached hydrogen (secondary N) is 1. The Morgan fingerprint density at radius 3 is 2.22 bits per heavy atom. The lowest BCUT2D eigenvalue weighted by Gasteiger charge is -2.36. The number of morpholine rings is 2. The van der Waals surface area contributed by atoms with Crippen LogP contribution in [0.25, 0.3) is 0 Å². The molecule has 2 aromatic rings. The number of ether oxygens (including phenoxy) is 2. The second-order valence-corrected chi connectivity index (χ2v) is 9.90. The lowest BCUT2D eigenvalue weighted by Crippen LogP contribution is -2.51. The average Bonchev–Trinajstić information content (AvgIpc) is 2.94. The van der Waals surface area contributed by atoms with Crippen molar-refractivity contribution in [1.82, 2.24) is 19.8 Å². The Kier molecular flexibility index (Phi) is 8.42. The highest BCUT2D eigenvalue weighted by molar-refractivity contribution is 7.98. The van der Waals surface area contributed by atoms with Gasteiger partial charge in [-0.15, -0.1) is 0 Å². The molecule has 5 rings (SSSR count). The van der Waals surface area contributed by atoms with Crippen LogP contribution in [0, 0.1) is 0 Å². The van der Waals surface area contributed by atoms with Crippen LogP contribution in [-0.4, -0.2) is 117 Å². The van der Waals surface area contributed by atoms with Gasteiger partial charge >= 0.3 is 0 Å². The molecule has 194 valence electrons. The summed E-state index contributed by atoms with van der Waals surface area (Å²) >= 11 is 1.54. The molecular weight excluding hydrogens is 478 g/mol. The molecule has 0 aliphatic carbocycles. The van der Waals surface area contributed by atoms with E-state index in [4.69, 9.17) is 14.5 Å². The molecule has 4 heterocycles. The van der Waals surface area contributed by atoms with E-state index in [1.165, 1.54) is 17.4 Å². The average molecular weight is 514 g/mol. The number of carbonyl (C=O) groups is 1. The minimum absolute atomic E-state index is 0.199. The third kappa shape index (κ3) is 6.39. The molecular formula is C25H35N7O3S. The van der Waals surface area contributed by atoms with Gasteiger partial charge < -0.3 is 29.5 Å². The van der Waals surface area contributed by atoms with Gasteiger partial charge in [0, 0.05) is 69.8 Å². The normalized spacial score (nSPS) is 19.4. The van der Waals surface area contributed by atoms with E-state index in [0.29, 0.717) is 32.8 Å². The number of hydrogen-bond acceptors (Lipinski definition) is 10. The monoisotopic (exact) mass is 513 g/mol. The van der Waals surface area contributed by atoms with Crippen molar-refractivity contribution in [2.75, 3.05) is 107 Å². The van der Waals surface area contributed by atoms with E-state index in [1.54, 1.807) is 0 Å². The van der Waals surface area contributed by atoms with E-state index in [1.807, 2.05) is 17.2 Å². The van der Waals surface area contributed by atoms with Gasteiger partial charge in [0.25, 0.3) is 0 Å². The molecule has 0 bridgehead atoms. The van der Waals surface area contributed by atoms with E-state index >= 15 is 0 Å². The molecule has 0 spiro atoms. The first-order chi connectivity index (χ1) is 17.7. The van der Waals surface area contributed by atoms with E-state index in [0.717, 1.165) is 75.0 Å². The lowest BCUT2D eigenvalue weighted by molar-refractivity contribution is -0.136. The van der Waals surface area contributed by atoms with Crippen LogP contribution in [0.4, 0.5) is 23.0 Å². The summed E-state index contributed by atoms with van der Waals surface area (Å²) in [4.78, 5) is 30.8. The van der Waals surface area contributed by atoms with Gasteiger partial charge in [0.2, 0.25) is 5.91 Å². The Morgan fingerprint density at radius 1 is 0.889 bits per heavy atom. The van der Waals surface area contributed by atoms with Crippen LogP contribution in [-0.2, 0) is 14.3 Å². The molecule has 0 saturated carbocycles. The number of thioether (sulfide) groups is 1. The van der Waals surface area contributed by atoms with E-state index in [-0.39, 0.29) is 5.91 Å². The number of nitrogens with zero attached hydrogens (tertiary/aromatic N) is 6. The van der Waals surface area contributed by atoms with Crippen molar-refractivity contribution in [3.63, 3.8) is 0 Å². The minimum atomic E-state index is 0.199. The van der Waals surface area contributed by atoms with Crippen LogP contribution in [0.3, 0.4) is 0 Å². The maximum absolute atomic E-state index is 12.6. The van der Waals surface area contributed by atoms with Crippen LogP contribution in [0.5, 0.6) is 0 Å². The molecule has 1 aromatic heterocycles. The number of rotatable bonds is 7. The highest BCUT2D eigenvalue weighted by atomic mass is 32.2. The van der Waals surface area contributed by atoms with E-state index in [9.17, 15) is 4.79 Å². The predicted octanol–water partition coefficient (Wildman–Crippen LogP) is 1.76. The van der Waals surface area contributed by atoms with Crippen molar-refractivity contribution in [1.29, 1.82) is 0 Å². The van der Waals surface area contributed by atoms with E-state index < -0.39 is 0 Å². The lowest BCUT2D eigenvalue weighted by atomic mass is 10.2. The van der Waals surface area contributed by atoms with Gasteiger partial charge in [-0.05, 0) is 30.5 Å². The molecule has 1 N–H and O–H groups in total. The molecule has 3 saturated heterocycles. The fourth-order valence-corrected chi connectivity index (χ4v) is 5.07. The summed E-state index contributed by atoms with van der Waals surface area (Å²) in [6, 6.07) is 10.5. The zero-order valence-electron chi connectivity index (χ0n) is 20.9.